The van der Waals surface area contributed by atoms with Gasteiger partial charge in [-0.3, -0.25) is 4.98 Å². The predicted molar refractivity (Wildman–Crippen MR) is 68.9 cm³/mol. The van der Waals surface area contributed by atoms with Gasteiger partial charge in [0.1, 0.15) is 11.4 Å². The van der Waals surface area contributed by atoms with Crippen molar-refractivity contribution < 1.29 is 4.74 Å². The minimum Gasteiger partial charge on any atom is -0.495 e. The maximum Gasteiger partial charge on any atom is 0.142 e. The zero-order valence-corrected chi connectivity index (χ0v) is 11.0. The lowest BCUT2D eigenvalue weighted by Crippen LogP contribution is -2.52. The van der Waals surface area contributed by atoms with Crippen molar-refractivity contribution in [3.8, 4) is 5.75 Å². The lowest BCUT2D eigenvalue weighted by molar-refractivity contribution is 0.0910. The van der Waals surface area contributed by atoms with Gasteiger partial charge in [0.05, 0.1) is 12.6 Å². The van der Waals surface area contributed by atoms with Crippen molar-refractivity contribution in [3.05, 3.63) is 24.0 Å². The Bertz CT molecular complexity index is 403. The topological polar surface area (TPSA) is 48.1 Å². The zero-order chi connectivity index (χ0) is 12.5. The third-order valence-electron chi connectivity index (χ3n) is 4.24. The highest BCUT2D eigenvalue weighted by atomic mass is 16.5. The van der Waals surface area contributed by atoms with Crippen LogP contribution in [0.4, 0.5) is 0 Å². The number of aromatic nitrogens is 1. The first kappa shape index (κ1) is 12.4. The van der Waals surface area contributed by atoms with Gasteiger partial charge in [-0.15, -0.1) is 0 Å². The molecule has 1 aliphatic carbocycles. The molecule has 1 fully saturated rings. The molecule has 0 spiro atoms. The number of methoxy groups -OCH3 is 1. The minimum absolute atomic E-state index is 0.0624. The molecule has 2 rings (SSSR count). The second kappa shape index (κ2) is 4.30. The normalized spacial score (nSPS) is 27.8. The van der Waals surface area contributed by atoms with Gasteiger partial charge >= 0.3 is 0 Å². The van der Waals surface area contributed by atoms with Crippen LogP contribution in [0.25, 0.3) is 0 Å². The molecule has 1 aliphatic rings. The monoisotopic (exact) mass is 234 g/mol. The van der Waals surface area contributed by atoms with Crippen molar-refractivity contribution in [2.45, 2.75) is 45.1 Å². The summed E-state index contributed by atoms with van der Waals surface area (Å²) in [5.41, 5.74) is 7.29. The summed E-state index contributed by atoms with van der Waals surface area (Å²) in [5.74, 6) is 0.810. The van der Waals surface area contributed by atoms with E-state index >= 15 is 0 Å². The summed E-state index contributed by atoms with van der Waals surface area (Å²) in [7, 11) is 1.68. The van der Waals surface area contributed by atoms with E-state index < -0.39 is 0 Å². The summed E-state index contributed by atoms with van der Waals surface area (Å²) in [6.45, 7) is 4.47. The fraction of sp³-hybridized carbons (Fsp3) is 0.643. The number of pyridine rings is 1. The van der Waals surface area contributed by atoms with Gasteiger partial charge in [-0.2, -0.15) is 0 Å². The van der Waals surface area contributed by atoms with E-state index in [4.69, 9.17) is 10.5 Å². The van der Waals surface area contributed by atoms with Crippen molar-refractivity contribution in [1.82, 2.24) is 4.98 Å². The van der Waals surface area contributed by atoms with E-state index in [1.54, 1.807) is 13.3 Å². The van der Waals surface area contributed by atoms with Crippen molar-refractivity contribution in [3.63, 3.8) is 0 Å². The summed E-state index contributed by atoms with van der Waals surface area (Å²) >= 11 is 0. The molecule has 94 valence electrons. The second-order valence-corrected chi connectivity index (χ2v) is 5.62. The van der Waals surface area contributed by atoms with Crippen LogP contribution in [-0.2, 0) is 5.54 Å². The van der Waals surface area contributed by atoms with Crippen LogP contribution in [0.2, 0.25) is 0 Å². The van der Waals surface area contributed by atoms with E-state index in [2.05, 4.69) is 18.8 Å². The number of nitrogens with two attached hydrogens (primary N) is 1. The minimum atomic E-state index is -0.377. The molecule has 1 saturated carbocycles. The van der Waals surface area contributed by atoms with Crippen molar-refractivity contribution in [2.24, 2.45) is 11.1 Å². The van der Waals surface area contributed by atoms with E-state index in [1.165, 1.54) is 12.8 Å². The Labute approximate surface area is 103 Å². The van der Waals surface area contributed by atoms with Crippen LogP contribution in [0.1, 0.15) is 45.2 Å². The molecule has 0 amide bonds. The number of ether oxygens (including phenoxy) is 1. The number of hydrogen-bond donors (Lipinski definition) is 1. The SMILES string of the molecule is COc1cccnc1C1(N)CCCCC1(C)C. The van der Waals surface area contributed by atoms with Gasteiger partial charge in [-0.25, -0.2) is 0 Å². The van der Waals surface area contributed by atoms with E-state index in [-0.39, 0.29) is 11.0 Å². The zero-order valence-electron chi connectivity index (χ0n) is 11.0. The van der Waals surface area contributed by atoms with Crippen LogP contribution < -0.4 is 10.5 Å². The fourth-order valence-electron chi connectivity index (χ4n) is 2.86. The van der Waals surface area contributed by atoms with Crippen LogP contribution in [0.15, 0.2) is 18.3 Å². The Balaban J connectivity index is 2.49. The van der Waals surface area contributed by atoms with Crippen molar-refractivity contribution >= 4 is 0 Å². The summed E-state index contributed by atoms with van der Waals surface area (Å²) < 4.78 is 5.41. The molecule has 1 aromatic heterocycles. The number of nitrogens with zero attached hydrogens (tertiary/aromatic N) is 1. The first-order valence-corrected chi connectivity index (χ1v) is 6.30. The number of rotatable bonds is 2. The Hall–Kier alpha value is -1.09. The third-order valence-corrected chi connectivity index (χ3v) is 4.24. The van der Waals surface area contributed by atoms with Crippen LogP contribution in [0.5, 0.6) is 5.75 Å². The van der Waals surface area contributed by atoms with E-state index in [9.17, 15) is 0 Å². The smallest absolute Gasteiger partial charge is 0.142 e. The Morgan fingerprint density at radius 2 is 2.00 bits per heavy atom. The molecule has 17 heavy (non-hydrogen) atoms. The van der Waals surface area contributed by atoms with Crippen LogP contribution in [0, 0.1) is 5.41 Å². The van der Waals surface area contributed by atoms with Gasteiger partial charge in [-0.1, -0.05) is 26.7 Å². The Morgan fingerprint density at radius 3 is 2.65 bits per heavy atom. The van der Waals surface area contributed by atoms with Crippen LogP contribution in [-0.4, -0.2) is 12.1 Å². The van der Waals surface area contributed by atoms with Gasteiger partial charge in [0.2, 0.25) is 0 Å². The van der Waals surface area contributed by atoms with Gasteiger partial charge in [0, 0.05) is 6.20 Å². The maximum atomic E-state index is 6.69. The summed E-state index contributed by atoms with van der Waals surface area (Å²) in [6.07, 6.45) is 6.34. The fourth-order valence-corrected chi connectivity index (χ4v) is 2.86. The molecule has 1 heterocycles. The molecule has 0 aliphatic heterocycles. The first-order chi connectivity index (χ1) is 8.01. The molecule has 0 aromatic carbocycles. The molecule has 0 saturated heterocycles. The molecule has 1 unspecified atom stereocenters. The predicted octanol–water partition coefficient (Wildman–Crippen LogP) is 2.84. The van der Waals surface area contributed by atoms with E-state index in [0.717, 1.165) is 24.3 Å². The Kier molecular flexibility index (Phi) is 3.13. The summed E-state index contributed by atoms with van der Waals surface area (Å²) in [4.78, 5) is 4.49. The van der Waals surface area contributed by atoms with Gasteiger partial charge in [-0.05, 0) is 30.4 Å². The molecule has 3 nitrogen and oxygen atoms in total. The first-order valence-electron chi connectivity index (χ1n) is 6.30. The maximum absolute atomic E-state index is 6.69. The lowest BCUT2D eigenvalue weighted by Gasteiger charge is -2.47. The van der Waals surface area contributed by atoms with Crippen LogP contribution in [0.3, 0.4) is 0 Å². The third kappa shape index (κ3) is 1.93. The van der Waals surface area contributed by atoms with Gasteiger partial charge in [0.25, 0.3) is 0 Å². The second-order valence-electron chi connectivity index (χ2n) is 5.62. The van der Waals surface area contributed by atoms with Crippen molar-refractivity contribution in [2.75, 3.05) is 7.11 Å². The molecule has 3 heteroatoms. The average molecular weight is 234 g/mol. The lowest BCUT2D eigenvalue weighted by atomic mass is 9.62. The highest BCUT2D eigenvalue weighted by Gasteiger charge is 2.47. The average Bonchev–Trinajstić information content (AvgIpc) is 2.33. The molecule has 1 aromatic rings. The van der Waals surface area contributed by atoms with Crippen molar-refractivity contribution in [1.29, 1.82) is 0 Å². The molecule has 0 bridgehead atoms. The molecule has 1 atom stereocenters. The molecular weight excluding hydrogens is 212 g/mol. The van der Waals surface area contributed by atoms with E-state index in [0.29, 0.717) is 0 Å². The summed E-state index contributed by atoms with van der Waals surface area (Å²) in [6, 6.07) is 3.84. The van der Waals surface area contributed by atoms with Gasteiger partial charge < -0.3 is 10.5 Å². The van der Waals surface area contributed by atoms with Crippen LogP contribution >= 0.6 is 0 Å². The molecular formula is C14H22N2O. The molecule has 2 N–H and O–H groups in total. The highest BCUT2D eigenvalue weighted by molar-refractivity contribution is 5.35. The number of hydrogen-bond acceptors (Lipinski definition) is 3. The van der Waals surface area contributed by atoms with Gasteiger partial charge in [0.15, 0.2) is 0 Å². The summed E-state index contributed by atoms with van der Waals surface area (Å²) in [5, 5.41) is 0. The quantitative estimate of drug-likeness (QED) is 0.856. The highest BCUT2D eigenvalue weighted by Crippen LogP contribution is 2.49. The van der Waals surface area contributed by atoms with E-state index in [1.807, 2.05) is 12.1 Å². The largest absolute Gasteiger partial charge is 0.495 e. The molecule has 0 radical (unpaired) electrons. The standard InChI is InChI=1S/C14H22N2O/c1-13(2)8-4-5-9-14(13,15)12-11(17-3)7-6-10-16-12/h6-7,10H,4-5,8-9,15H2,1-3H3. The Morgan fingerprint density at radius 1 is 1.29 bits per heavy atom.